The van der Waals surface area contributed by atoms with E-state index in [-0.39, 0.29) is 5.75 Å². The number of ether oxygens (including phenoxy) is 2. The third-order valence-electron chi connectivity index (χ3n) is 2.98. The van der Waals surface area contributed by atoms with E-state index < -0.39 is 0 Å². The summed E-state index contributed by atoms with van der Waals surface area (Å²) in [4.78, 5) is 4.14. The van der Waals surface area contributed by atoms with Crippen molar-refractivity contribution in [1.82, 2.24) is 10.3 Å². The van der Waals surface area contributed by atoms with Gasteiger partial charge in [0.15, 0.2) is 11.5 Å². The second kappa shape index (κ2) is 6.77. The number of phenolic OH excluding ortho intramolecular Hbond substituents is 1. The predicted octanol–water partition coefficient (Wildman–Crippen LogP) is 2.09. The second-order valence-corrected chi connectivity index (χ2v) is 4.24. The van der Waals surface area contributed by atoms with Gasteiger partial charge in [0.2, 0.25) is 5.88 Å². The maximum atomic E-state index is 9.98. The standard InChI is InChI=1S/C15H18N2O3/c1-19-13-7-3-5-11(14(13)18)9-16-10-12-6-4-8-17-15(12)20-2/h3-8,16,18H,9-10H2,1-2H3. The number of pyridine rings is 1. The fourth-order valence-corrected chi connectivity index (χ4v) is 1.95. The molecular formula is C15H18N2O3. The molecule has 0 atom stereocenters. The number of nitrogens with one attached hydrogen (secondary N) is 1. The van der Waals surface area contributed by atoms with Crippen molar-refractivity contribution < 1.29 is 14.6 Å². The van der Waals surface area contributed by atoms with E-state index in [9.17, 15) is 5.11 Å². The van der Waals surface area contributed by atoms with Crippen molar-refractivity contribution >= 4 is 0 Å². The van der Waals surface area contributed by atoms with Gasteiger partial charge in [0, 0.05) is 30.4 Å². The Labute approximate surface area is 118 Å². The molecule has 106 valence electrons. The van der Waals surface area contributed by atoms with Crippen LogP contribution in [0.2, 0.25) is 0 Å². The van der Waals surface area contributed by atoms with Crippen LogP contribution in [0.4, 0.5) is 0 Å². The van der Waals surface area contributed by atoms with Gasteiger partial charge in [0.1, 0.15) is 0 Å². The highest BCUT2D eigenvalue weighted by molar-refractivity contribution is 5.45. The van der Waals surface area contributed by atoms with Gasteiger partial charge < -0.3 is 19.9 Å². The van der Waals surface area contributed by atoms with Crippen LogP contribution >= 0.6 is 0 Å². The van der Waals surface area contributed by atoms with Gasteiger partial charge in [-0.25, -0.2) is 4.98 Å². The van der Waals surface area contributed by atoms with E-state index in [0.29, 0.717) is 24.7 Å². The number of hydrogen-bond donors (Lipinski definition) is 2. The summed E-state index contributed by atoms with van der Waals surface area (Å²) in [5.41, 5.74) is 1.75. The van der Waals surface area contributed by atoms with Crippen LogP contribution < -0.4 is 14.8 Å². The molecule has 1 aromatic heterocycles. The van der Waals surface area contributed by atoms with Gasteiger partial charge in [-0.1, -0.05) is 18.2 Å². The highest BCUT2D eigenvalue weighted by atomic mass is 16.5. The molecule has 5 nitrogen and oxygen atoms in total. The number of methoxy groups -OCH3 is 2. The van der Waals surface area contributed by atoms with Crippen LogP contribution in [0.3, 0.4) is 0 Å². The molecule has 0 unspecified atom stereocenters. The maximum Gasteiger partial charge on any atom is 0.217 e. The zero-order chi connectivity index (χ0) is 14.4. The molecule has 0 bridgehead atoms. The lowest BCUT2D eigenvalue weighted by Crippen LogP contribution is -2.14. The fourth-order valence-electron chi connectivity index (χ4n) is 1.95. The van der Waals surface area contributed by atoms with Gasteiger partial charge in [-0.2, -0.15) is 0 Å². The van der Waals surface area contributed by atoms with Crippen LogP contribution in [-0.2, 0) is 13.1 Å². The number of para-hydroxylation sites is 1. The number of aromatic hydroxyl groups is 1. The molecule has 0 amide bonds. The van der Waals surface area contributed by atoms with Gasteiger partial charge in [-0.15, -0.1) is 0 Å². The first kappa shape index (κ1) is 14.1. The SMILES string of the molecule is COc1cccc(CNCc2cccnc2OC)c1O. The van der Waals surface area contributed by atoms with Crippen molar-refractivity contribution in [2.45, 2.75) is 13.1 Å². The minimum atomic E-state index is 0.167. The monoisotopic (exact) mass is 274 g/mol. The largest absolute Gasteiger partial charge is 0.504 e. The van der Waals surface area contributed by atoms with Crippen molar-refractivity contribution in [3.8, 4) is 17.4 Å². The van der Waals surface area contributed by atoms with Crippen LogP contribution in [-0.4, -0.2) is 24.3 Å². The Bertz CT molecular complexity index is 573. The van der Waals surface area contributed by atoms with Crippen molar-refractivity contribution in [3.63, 3.8) is 0 Å². The lowest BCUT2D eigenvalue weighted by Gasteiger charge is -2.11. The van der Waals surface area contributed by atoms with E-state index in [4.69, 9.17) is 9.47 Å². The summed E-state index contributed by atoms with van der Waals surface area (Å²) in [5, 5.41) is 13.2. The van der Waals surface area contributed by atoms with Crippen LogP contribution in [0.1, 0.15) is 11.1 Å². The number of aromatic nitrogens is 1. The zero-order valence-electron chi connectivity index (χ0n) is 11.6. The molecule has 0 aliphatic rings. The highest BCUT2D eigenvalue weighted by Crippen LogP contribution is 2.29. The number of phenols is 1. The molecule has 0 saturated heterocycles. The summed E-state index contributed by atoms with van der Waals surface area (Å²) >= 11 is 0. The number of benzene rings is 1. The van der Waals surface area contributed by atoms with Crippen LogP contribution in [0.5, 0.6) is 17.4 Å². The first-order chi connectivity index (χ1) is 9.76. The lowest BCUT2D eigenvalue weighted by atomic mass is 10.2. The fraction of sp³-hybridized carbons (Fsp3) is 0.267. The molecule has 5 heteroatoms. The molecular weight excluding hydrogens is 256 g/mol. The first-order valence-electron chi connectivity index (χ1n) is 6.29. The first-order valence-corrected chi connectivity index (χ1v) is 6.29. The summed E-state index contributed by atoms with van der Waals surface area (Å²) in [5.74, 6) is 1.25. The van der Waals surface area contributed by atoms with E-state index in [1.54, 1.807) is 19.4 Å². The average molecular weight is 274 g/mol. The molecule has 0 aliphatic carbocycles. The average Bonchev–Trinajstić information content (AvgIpc) is 2.49. The van der Waals surface area contributed by atoms with Crippen molar-refractivity contribution in [3.05, 3.63) is 47.7 Å². The summed E-state index contributed by atoms with van der Waals surface area (Å²) in [6.45, 7) is 1.13. The van der Waals surface area contributed by atoms with Crippen molar-refractivity contribution in [1.29, 1.82) is 0 Å². The minimum Gasteiger partial charge on any atom is -0.504 e. The molecule has 20 heavy (non-hydrogen) atoms. The van der Waals surface area contributed by atoms with Crippen LogP contribution in [0.25, 0.3) is 0 Å². The molecule has 2 rings (SSSR count). The van der Waals surface area contributed by atoms with Gasteiger partial charge >= 0.3 is 0 Å². The summed E-state index contributed by atoms with van der Waals surface area (Å²) < 4.78 is 10.3. The minimum absolute atomic E-state index is 0.167. The molecule has 2 aromatic rings. The third-order valence-corrected chi connectivity index (χ3v) is 2.98. The van der Waals surface area contributed by atoms with E-state index in [1.165, 1.54) is 7.11 Å². The Hall–Kier alpha value is -2.27. The molecule has 2 N–H and O–H groups in total. The Kier molecular flexibility index (Phi) is 4.79. The highest BCUT2D eigenvalue weighted by Gasteiger charge is 2.07. The molecule has 0 fully saturated rings. The Morgan fingerprint density at radius 3 is 2.55 bits per heavy atom. The van der Waals surface area contributed by atoms with Crippen LogP contribution in [0.15, 0.2) is 36.5 Å². The molecule has 0 radical (unpaired) electrons. The zero-order valence-corrected chi connectivity index (χ0v) is 11.6. The Morgan fingerprint density at radius 2 is 1.80 bits per heavy atom. The second-order valence-electron chi connectivity index (χ2n) is 4.24. The number of rotatable bonds is 6. The quantitative estimate of drug-likeness (QED) is 0.844. The van der Waals surface area contributed by atoms with E-state index in [2.05, 4.69) is 10.3 Å². The molecule has 0 saturated carbocycles. The molecule has 1 heterocycles. The van der Waals surface area contributed by atoms with E-state index in [0.717, 1.165) is 11.1 Å². The summed E-state index contributed by atoms with van der Waals surface area (Å²) in [6, 6.07) is 9.24. The molecule has 0 spiro atoms. The van der Waals surface area contributed by atoms with Gasteiger partial charge in [0.25, 0.3) is 0 Å². The summed E-state index contributed by atoms with van der Waals surface area (Å²) in [7, 11) is 3.13. The lowest BCUT2D eigenvalue weighted by molar-refractivity contribution is 0.369. The normalized spacial score (nSPS) is 10.3. The predicted molar refractivity (Wildman–Crippen MR) is 76.0 cm³/mol. The Balaban J connectivity index is 1.99. The smallest absolute Gasteiger partial charge is 0.217 e. The van der Waals surface area contributed by atoms with Crippen molar-refractivity contribution in [2.75, 3.05) is 14.2 Å². The van der Waals surface area contributed by atoms with Crippen molar-refractivity contribution in [2.24, 2.45) is 0 Å². The van der Waals surface area contributed by atoms with E-state index >= 15 is 0 Å². The molecule has 0 aliphatic heterocycles. The number of hydrogen-bond acceptors (Lipinski definition) is 5. The van der Waals surface area contributed by atoms with E-state index in [1.807, 2.05) is 24.3 Å². The van der Waals surface area contributed by atoms with Gasteiger partial charge in [-0.05, 0) is 12.1 Å². The van der Waals surface area contributed by atoms with Gasteiger partial charge in [-0.3, -0.25) is 0 Å². The summed E-state index contributed by atoms with van der Waals surface area (Å²) in [6.07, 6.45) is 1.69. The maximum absolute atomic E-state index is 9.98. The number of nitrogens with zero attached hydrogens (tertiary/aromatic N) is 1. The molecule has 1 aromatic carbocycles. The van der Waals surface area contributed by atoms with Crippen LogP contribution in [0, 0.1) is 0 Å². The van der Waals surface area contributed by atoms with Gasteiger partial charge in [0.05, 0.1) is 14.2 Å². The topological polar surface area (TPSA) is 63.6 Å². The Morgan fingerprint density at radius 1 is 1.05 bits per heavy atom. The third kappa shape index (κ3) is 3.19.